The molecule has 1 aromatic carbocycles. The molecule has 17 heavy (non-hydrogen) atoms. The number of rotatable bonds is 4. The van der Waals surface area contributed by atoms with Crippen molar-refractivity contribution < 1.29 is 19.1 Å². The second kappa shape index (κ2) is 5.01. The van der Waals surface area contributed by atoms with E-state index in [0.717, 1.165) is 11.1 Å². The van der Waals surface area contributed by atoms with Gasteiger partial charge in [-0.2, -0.15) is 0 Å². The smallest absolute Gasteiger partial charge is 0.337 e. The molecule has 0 bridgehead atoms. The molecule has 0 aliphatic heterocycles. The molecule has 4 heteroatoms. The summed E-state index contributed by atoms with van der Waals surface area (Å²) in [6.45, 7) is 0.143. The zero-order chi connectivity index (χ0) is 12.3. The molecule has 4 nitrogen and oxygen atoms in total. The first-order chi connectivity index (χ1) is 8.24. The van der Waals surface area contributed by atoms with E-state index in [9.17, 15) is 4.79 Å². The summed E-state index contributed by atoms with van der Waals surface area (Å²) in [5.74, 6) is 0.441. The van der Waals surface area contributed by atoms with E-state index >= 15 is 0 Å². The maximum absolute atomic E-state index is 11.3. The normalized spacial score (nSPS) is 10.7. The van der Waals surface area contributed by atoms with Crippen LogP contribution >= 0.6 is 0 Å². The predicted octanol–water partition coefficient (Wildman–Crippen LogP) is 2.14. The summed E-state index contributed by atoms with van der Waals surface area (Å²) in [4.78, 5) is 11.3. The molecule has 0 saturated heterocycles. The summed E-state index contributed by atoms with van der Waals surface area (Å²) >= 11 is 0. The molecule has 0 amide bonds. The molecule has 1 heterocycles. The van der Waals surface area contributed by atoms with Crippen LogP contribution in [-0.4, -0.2) is 24.8 Å². The van der Waals surface area contributed by atoms with Gasteiger partial charge in [-0.15, -0.1) is 0 Å². The van der Waals surface area contributed by atoms with Gasteiger partial charge >= 0.3 is 5.97 Å². The second-order valence-electron chi connectivity index (χ2n) is 3.78. The Morgan fingerprint density at radius 1 is 1.41 bits per heavy atom. The molecule has 2 rings (SSSR count). The van der Waals surface area contributed by atoms with Crippen molar-refractivity contribution >= 4 is 16.9 Å². The lowest BCUT2D eigenvalue weighted by Gasteiger charge is -1.97. The van der Waals surface area contributed by atoms with Crippen molar-refractivity contribution in [1.82, 2.24) is 0 Å². The standard InChI is InChI=1S/C13H14O4/c1-16-13(15)10-5-4-9-7-11(3-2-6-14)17-12(9)8-10/h4-5,7-8,14H,2-3,6H2,1H3. The molecule has 1 N–H and O–H groups in total. The molecule has 2 aromatic rings. The van der Waals surface area contributed by atoms with Gasteiger partial charge in [0.2, 0.25) is 0 Å². The third-order valence-electron chi connectivity index (χ3n) is 2.57. The molecule has 1 aromatic heterocycles. The van der Waals surface area contributed by atoms with Crippen LogP contribution in [0.15, 0.2) is 28.7 Å². The van der Waals surface area contributed by atoms with Gasteiger partial charge < -0.3 is 14.3 Å². The minimum absolute atomic E-state index is 0.143. The molecular formula is C13H14O4. The van der Waals surface area contributed by atoms with E-state index < -0.39 is 0 Å². The van der Waals surface area contributed by atoms with Crippen molar-refractivity contribution in [3.05, 3.63) is 35.6 Å². The zero-order valence-corrected chi connectivity index (χ0v) is 9.60. The lowest BCUT2D eigenvalue weighted by atomic mass is 10.1. The van der Waals surface area contributed by atoms with E-state index in [0.29, 0.717) is 24.0 Å². The number of hydrogen-bond acceptors (Lipinski definition) is 4. The maximum Gasteiger partial charge on any atom is 0.337 e. The number of hydrogen-bond donors (Lipinski definition) is 1. The Hall–Kier alpha value is -1.81. The molecule has 0 fully saturated rings. The molecule has 0 aliphatic carbocycles. The van der Waals surface area contributed by atoms with Crippen molar-refractivity contribution in [3.8, 4) is 0 Å². The Morgan fingerprint density at radius 3 is 2.94 bits per heavy atom. The van der Waals surface area contributed by atoms with Crippen molar-refractivity contribution in [1.29, 1.82) is 0 Å². The van der Waals surface area contributed by atoms with E-state index in [4.69, 9.17) is 9.52 Å². The minimum atomic E-state index is -0.375. The average molecular weight is 234 g/mol. The van der Waals surface area contributed by atoms with Crippen molar-refractivity contribution in [2.75, 3.05) is 13.7 Å². The van der Waals surface area contributed by atoms with E-state index in [1.165, 1.54) is 7.11 Å². The van der Waals surface area contributed by atoms with Crippen LogP contribution in [0.2, 0.25) is 0 Å². The summed E-state index contributed by atoms with van der Waals surface area (Å²) < 4.78 is 10.2. The zero-order valence-electron chi connectivity index (χ0n) is 9.60. The van der Waals surface area contributed by atoms with Gasteiger partial charge in [0, 0.05) is 18.4 Å². The highest BCUT2D eigenvalue weighted by Crippen LogP contribution is 2.22. The van der Waals surface area contributed by atoms with Crippen LogP contribution in [0.3, 0.4) is 0 Å². The Bertz CT molecular complexity index is 527. The van der Waals surface area contributed by atoms with E-state index in [1.54, 1.807) is 12.1 Å². The largest absolute Gasteiger partial charge is 0.465 e. The van der Waals surface area contributed by atoms with Crippen LogP contribution in [0.5, 0.6) is 0 Å². The van der Waals surface area contributed by atoms with Gasteiger partial charge in [-0.1, -0.05) is 6.07 Å². The number of fused-ring (bicyclic) bond motifs is 1. The summed E-state index contributed by atoms with van der Waals surface area (Å²) in [6, 6.07) is 7.13. The molecule has 90 valence electrons. The quantitative estimate of drug-likeness (QED) is 0.823. The van der Waals surface area contributed by atoms with Crippen LogP contribution in [-0.2, 0) is 11.2 Å². The van der Waals surface area contributed by atoms with Gasteiger partial charge in [0.05, 0.1) is 12.7 Å². The fourth-order valence-electron chi connectivity index (χ4n) is 1.71. The molecule has 0 saturated carbocycles. The lowest BCUT2D eigenvalue weighted by Crippen LogP contribution is -1.99. The van der Waals surface area contributed by atoms with Gasteiger partial charge in [0.15, 0.2) is 0 Å². The number of furan rings is 1. The molecule has 0 spiro atoms. The molecule has 0 aliphatic rings. The fraction of sp³-hybridized carbons (Fsp3) is 0.308. The van der Waals surface area contributed by atoms with E-state index in [2.05, 4.69) is 4.74 Å². The van der Waals surface area contributed by atoms with Crippen LogP contribution in [0, 0.1) is 0 Å². The predicted molar refractivity (Wildman–Crippen MR) is 63.0 cm³/mol. The first-order valence-corrected chi connectivity index (χ1v) is 5.46. The highest BCUT2D eigenvalue weighted by molar-refractivity contribution is 5.93. The number of benzene rings is 1. The van der Waals surface area contributed by atoms with E-state index in [-0.39, 0.29) is 12.6 Å². The van der Waals surface area contributed by atoms with Gasteiger partial charge in [-0.3, -0.25) is 0 Å². The number of carbonyl (C=O) groups excluding carboxylic acids is 1. The monoisotopic (exact) mass is 234 g/mol. The van der Waals surface area contributed by atoms with Crippen LogP contribution < -0.4 is 0 Å². The number of ether oxygens (including phenoxy) is 1. The topological polar surface area (TPSA) is 59.7 Å². The summed E-state index contributed by atoms with van der Waals surface area (Å²) in [5.41, 5.74) is 1.14. The Balaban J connectivity index is 2.31. The number of aliphatic hydroxyl groups excluding tert-OH is 1. The number of aliphatic hydroxyl groups is 1. The van der Waals surface area contributed by atoms with Gasteiger partial charge in [-0.05, 0) is 24.6 Å². The van der Waals surface area contributed by atoms with E-state index in [1.807, 2.05) is 12.1 Å². The Morgan fingerprint density at radius 2 is 2.24 bits per heavy atom. The average Bonchev–Trinajstić information content (AvgIpc) is 2.76. The molecule has 0 radical (unpaired) electrons. The number of methoxy groups -OCH3 is 1. The first kappa shape index (κ1) is 11.7. The van der Waals surface area contributed by atoms with Crippen molar-refractivity contribution in [2.24, 2.45) is 0 Å². The summed E-state index contributed by atoms with van der Waals surface area (Å²) in [5, 5.41) is 9.70. The third kappa shape index (κ3) is 2.47. The Kier molecular flexibility index (Phi) is 3.44. The van der Waals surface area contributed by atoms with Gasteiger partial charge in [-0.25, -0.2) is 4.79 Å². The first-order valence-electron chi connectivity index (χ1n) is 5.46. The summed E-state index contributed by atoms with van der Waals surface area (Å²) in [7, 11) is 1.35. The van der Waals surface area contributed by atoms with Gasteiger partial charge in [0.25, 0.3) is 0 Å². The SMILES string of the molecule is COC(=O)c1ccc2cc(CCCO)oc2c1. The Labute approximate surface area is 98.8 Å². The highest BCUT2D eigenvalue weighted by atomic mass is 16.5. The molecule has 0 atom stereocenters. The summed E-state index contributed by atoms with van der Waals surface area (Å²) in [6.07, 6.45) is 1.36. The molecule has 0 unspecified atom stereocenters. The fourth-order valence-corrected chi connectivity index (χ4v) is 1.71. The van der Waals surface area contributed by atoms with Crippen LogP contribution in [0.1, 0.15) is 22.5 Å². The number of aryl methyl sites for hydroxylation is 1. The van der Waals surface area contributed by atoms with Crippen LogP contribution in [0.4, 0.5) is 0 Å². The van der Waals surface area contributed by atoms with Gasteiger partial charge in [0.1, 0.15) is 11.3 Å². The third-order valence-corrected chi connectivity index (χ3v) is 2.57. The minimum Gasteiger partial charge on any atom is -0.465 e. The molecular weight excluding hydrogens is 220 g/mol. The van der Waals surface area contributed by atoms with Crippen molar-refractivity contribution in [3.63, 3.8) is 0 Å². The number of carbonyl (C=O) groups is 1. The lowest BCUT2D eigenvalue weighted by molar-refractivity contribution is 0.0601. The maximum atomic E-state index is 11.3. The van der Waals surface area contributed by atoms with Crippen molar-refractivity contribution in [2.45, 2.75) is 12.8 Å². The number of esters is 1. The second-order valence-corrected chi connectivity index (χ2v) is 3.78. The highest BCUT2D eigenvalue weighted by Gasteiger charge is 2.09. The van der Waals surface area contributed by atoms with Crippen LogP contribution in [0.25, 0.3) is 11.0 Å².